The average molecular weight is 776 g/mol. The number of H-pyrrole nitrogens is 4. The zero-order valence-electron chi connectivity index (χ0n) is 31.5. The molecule has 0 bridgehead atoms. The highest BCUT2D eigenvalue weighted by Gasteiger charge is 2.31. The van der Waals surface area contributed by atoms with E-state index in [9.17, 15) is 9.59 Å². The van der Waals surface area contributed by atoms with E-state index in [0.29, 0.717) is 32.0 Å². The Labute approximate surface area is 332 Å². The number of aromatic nitrogens is 10. The molecule has 0 saturated carbocycles. The largest absolute Gasteiger partial charge is 0.399 e. The van der Waals surface area contributed by atoms with Crippen LogP contribution < -0.4 is 16.0 Å². The fraction of sp³-hybridized carbons (Fsp3) is 0.220. The molecule has 2 fully saturated rings. The van der Waals surface area contributed by atoms with Gasteiger partial charge in [-0.3, -0.25) is 24.7 Å². The van der Waals surface area contributed by atoms with Crippen LogP contribution >= 0.6 is 0 Å². The Hall–Kier alpha value is -7.40. The van der Waals surface area contributed by atoms with Gasteiger partial charge >= 0.3 is 0 Å². The second-order valence-corrected chi connectivity index (χ2v) is 14.3. The van der Waals surface area contributed by atoms with Crippen molar-refractivity contribution in [3.05, 3.63) is 104 Å². The Morgan fingerprint density at radius 3 is 2.09 bits per heavy atom. The molecule has 2 amide bonds. The van der Waals surface area contributed by atoms with Gasteiger partial charge in [0.05, 0.1) is 59.9 Å². The number of anilines is 3. The van der Waals surface area contributed by atoms with E-state index in [2.05, 4.69) is 77.5 Å². The van der Waals surface area contributed by atoms with Crippen LogP contribution in [-0.2, 0) is 9.59 Å². The highest BCUT2D eigenvalue weighted by molar-refractivity contribution is 5.99. The molecule has 17 heteroatoms. The number of hydrogen-bond acceptors (Lipinski definition) is 11. The monoisotopic (exact) mass is 775 g/mol. The van der Waals surface area contributed by atoms with Crippen molar-refractivity contribution in [1.82, 2.24) is 60.1 Å². The van der Waals surface area contributed by atoms with E-state index >= 15 is 0 Å². The second kappa shape index (κ2) is 16.0. The summed E-state index contributed by atoms with van der Waals surface area (Å²) in [4.78, 5) is 55.3. The lowest BCUT2D eigenvalue weighted by Crippen LogP contribution is -2.51. The van der Waals surface area contributed by atoms with Gasteiger partial charge < -0.3 is 30.8 Å². The van der Waals surface area contributed by atoms with Crippen LogP contribution in [0.2, 0.25) is 0 Å². The van der Waals surface area contributed by atoms with E-state index in [4.69, 9.17) is 5.73 Å². The number of likely N-dealkylation sites (tertiary alicyclic amines) is 1. The summed E-state index contributed by atoms with van der Waals surface area (Å²) in [6, 6.07) is 21.4. The standard InChI is InChI=1S/C31H32N10O2.C10H9N5/c42-28(41-14-12-40(13-15-41)24-5-2-21(3-6-24)30-33-9-1-10-34-30)19-39-11-8-22(18-39)31(43)36-23-4-7-26-25(16-23)29(38-37-26)27-17-32-20-35-27;11-6-1-2-8-7(3-6)10(15-14-8)9-4-12-5-13-9/h1-7,9-10,16-17,20,22H,8,11-15,18-19H2,(H,32,35)(H,36,43)(H,37,38);1-5H,11H2,(H,12,13)(H,14,15)/t22-;/m1./s1. The first-order valence-electron chi connectivity index (χ1n) is 19.1. The number of imidazole rings is 2. The molecule has 2 aliphatic heterocycles. The number of carbonyl (C=O) groups excluding carboxylic acids is 2. The van der Waals surface area contributed by atoms with Gasteiger partial charge in [-0.2, -0.15) is 10.2 Å². The van der Waals surface area contributed by atoms with Crippen molar-refractivity contribution in [2.45, 2.75) is 6.42 Å². The zero-order valence-corrected chi connectivity index (χ0v) is 31.5. The van der Waals surface area contributed by atoms with E-state index in [0.717, 1.165) is 93.3 Å². The molecule has 7 N–H and O–H groups in total. The van der Waals surface area contributed by atoms with Gasteiger partial charge in [0.2, 0.25) is 11.8 Å². The molecule has 58 heavy (non-hydrogen) atoms. The van der Waals surface area contributed by atoms with Crippen LogP contribution in [0, 0.1) is 5.92 Å². The minimum Gasteiger partial charge on any atom is -0.399 e. The van der Waals surface area contributed by atoms with Gasteiger partial charge in [-0.05, 0) is 79.7 Å². The summed E-state index contributed by atoms with van der Waals surface area (Å²) < 4.78 is 0. The number of piperazine rings is 1. The summed E-state index contributed by atoms with van der Waals surface area (Å²) in [5, 5.41) is 19.6. The van der Waals surface area contributed by atoms with E-state index in [1.165, 1.54) is 0 Å². The minimum absolute atomic E-state index is 0.0284. The van der Waals surface area contributed by atoms with Crippen molar-refractivity contribution in [3.8, 4) is 34.2 Å². The first-order chi connectivity index (χ1) is 28.4. The van der Waals surface area contributed by atoms with E-state index in [1.807, 2.05) is 53.4 Å². The summed E-state index contributed by atoms with van der Waals surface area (Å²) >= 11 is 0. The Morgan fingerprint density at radius 1 is 0.776 bits per heavy atom. The number of benzene rings is 3. The number of nitrogens with one attached hydrogen (secondary N) is 5. The maximum absolute atomic E-state index is 13.1. The van der Waals surface area contributed by atoms with Crippen LogP contribution in [0.3, 0.4) is 0 Å². The molecule has 292 valence electrons. The Balaban J connectivity index is 0.000000242. The smallest absolute Gasteiger partial charge is 0.236 e. The molecule has 0 radical (unpaired) electrons. The molecule has 10 rings (SSSR count). The van der Waals surface area contributed by atoms with Crippen LogP contribution in [0.25, 0.3) is 56.0 Å². The van der Waals surface area contributed by atoms with Gasteiger partial charge in [0, 0.05) is 78.5 Å². The number of rotatable bonds is 8. The Morgan fingerprint density at radius 2 is 1.43 bits per heavy atom. The van der Waals surface area contributed by atoms with E-state index in [-0.39, 0.29) is 17.7 Å². The Kier molecular flexibility index (Phi) is 9.99. The molecule has 7 heterocycles. The molecule has 3 aromatic carbocycles. The maximum atomic E-state index is 13.1. The first kappa shape index (κ1) is 36.3. The van der Waals surface area contributed by atoms with Crippen molar-refractivity contribution >= 4 is 50.7 Å². The zero-order chi connectivity index (χ0) is 39.4. The van der Waals surface area contributed by atoms with E-state index in [1.54, 1.807) is 43.5 Å². The molecule has 0 aliphatic carbocycles. The van der Waals surface area contributed by atoms with Crippen molar-refractivity contribution < 1.29 is 9.59 Å². The quantitative estimate of drug-likeness (QED) is 0.118. The van der Waals surface area contributed by atoms with Crippen molar-refractivity contribution in [2.24, 2.45) is 5.92 Å². The molecule has 8 aromatic rings. The molecular formula is C41H41N15O2. The van der Waals surface area contributed by atoms with Gasteiger partial charge in [0.25, 0.3) is 0 Å². The average Bonchev–Trinajstić information content (AvgIpc) is 4.12. The highest BCUT2D eigenvalue weighted by Crippen LogP contribution is 2.29. The number of nitrogen functional groups attached to an aromatic ring is 1. The number of carbonyl (C=O) groups is 2. The highest BCUT2D eigenvalue weighted by atomic mass is 16.2. The number of amides is 2. The topological polar surface area (TPSA) is 222 Å². The second-order valence-electron chi connectivity index (χ2n) is 14.3. The number of nitrogens with two attached hydrogens (primary N) is 1. The number of nitrogens with zero attached hydrogens (tertiary/aromatic N) is 9. The lowest BCUT2D eigenvalue weighted by molar-refractivity contribution is -0.132. The van der Waals surface area contributed by atoms with Crippen LogP contribution in [0.5, 0.6) is 0 Å². The number of fused-ring (bicyclic) bond motifs is 2. The molecular weight excluding hydrogens is 735 g/mol. The molecule has 0 spiro atoms. The van der Waals surface area contributed by atoms with Crippen LogP contribution in [0.1, 0.15) is 6.42 Å². The Bertz CT molecular complexity index is 2630. The molecule has 0 unspecified atom stereocenters. The van der Waals surface area contributed by atoms with Crippen LogP contribution in [0.15, 0.2) is 104 Å². The van der Waals surface area contributed by atoms with E-state index < -0.39 is 0 Å². The van der Waals surface area contributed by atoms with Gasteiger partial charge in [0.1, 0.15) is 11.4 Å². The van der Waals surface area contributed by atoms with Gasteiger partial charge in [0.15, 0.2) is 5.82 Å². The van der Waals surface area contributed by atoms with Crippen molar-refractivity contribution in [1.29, 1.82) is 0 Å². The SMILES string of the molecule is Nc1ccc2[nH]nc(-c3cnc[nH]3)c2c1.O=C(Nc1ccc2[nH]nc(-c3cnc[nH]3)c2c1)[C@@H]1CCN(CC(=O)N2CCN(c3ccc(-c4ncccn4)cc3)CC2)C1. The molecule has 1 atom stereocenters. The fourth-order valence-corrected chi connectivity index (χ4v) is 7.51. The van der Waals surface area contributed by atoms with Gasteiger partial charge in [-0.15, -0.1) is 0 Å². The third-order valence-electron chi connectivity index (χ3n) is 10.6. The summed E-state index contributed by atoms with van der Waals surface area (Å²) in [6.45, 7) is 4.55. The summed E-state index contributed by atoms with van der Waals surface area (Å²) in [5.74, 6) is 0.635. The fourth-order valence-electron chi connectivity index (χ4n) is 7.51. The lowest BCUT2D eigenvalue weighted by Gasteiger charge is -2.36. The van der Waals surface area contributed by atoms with Crippen LogP contribution in [0.4, 0.5) is 17.1 Å². The summed E-state index contributed by atoms with van der Waals surface area (Å²) in [5.41, 5.74) is 14.4. The lowest BCUT2D eigenvalue weighted by atomic mass is 10.1. The predicted octanol–water partition coefficient (Wildman–Crippen LogP) is 4.55. The minimum atomic E-state index is -0.166. The molecule has 17 nitrogen and oxygen atoms in total. The summed E-state index contributed by atoms with van der Waals surface area (Å²) in [7, 11) is 0. The van der Waals surface area contributed by atoms with Gasteiger partial charge in [-0.1, -0.05) is 0 Å². The third kappa shape index (κ3) is 7.70. The van der Waals surface area contributed by atoms with Gasteiger partial charge in [-0.25, -0.2) is 19.9 Å². The summed E-state index contributed by atoms with van der Waals surface area (Å²) in [6.07, 6.45) is 10.9. The van der Waals surface area contributed by atoms with Crippen molar-refractivity contribution in [2.75, 3.05) is 61.8 Å². The van der Waals surface area contributed by atoms with Crippen LogP contribution in [-0.4, -0.2) is 118 Å². The first-order valence-corrected chi connectivity index (χ1v) is 19.1. The molecule has 5 aromatic heterocycles. The number of hydrogen-bond donors (Lipinski definition) is 6. The molecule has 2 saturated heterocycles. The normalized spacial score (nSPS) is 15.8. The maximum Gasteiger partial charge on any atom is 0.236 e. The number of aromatic amines is 4. The third-order valence-corrected chi connectivity index (χ3v) is 10.6. The predicted molar refractivity (Wildman–Crippen MR) is 221 cm³/mol. The molecule has 2 aliphatic rings. The van der Waals surface area contributed by atoms with Crippen molar-refractivity contribution in [3.63, 3.8) is 0 Å².